The number of aromatic carboxylic acids is 1. The lowest BCUT2D eigenvalue weighted by Crippen LogP contribution is -2.19. The van der Waals surface area contributed by atoms with Crippen LogP contribution in [0, 0.1) is 5.92 Å². The van der Waals surface area contributed by atoms with Crippen molar-refractivity contribution in [3.8, 4) is 11.4 Å². The summed E-state index contributed by atoms with van der Waals surface area (Å²) in [5.41, 5.74) is 1.92. The highest BCUT2D eigenvalue weighted by Gasteiger charge is 2.26. The van der Waals surface area contributed by atoms with Gasteiger partial charge < -0.3 is 9.67 Å². The number of aromatic nitrogens is 2. The molecule has 0 amide bonds. The predicted molar refractivity (Wildman–Crippen MR) is 77.1 cm³/mol. The van der Waals surface area contributed by atoms with E-state index in [1.807, 2.05) is 16.7 Å². The number of rotatable bonds is 2. The number of carbonyl (C=O) groups is 1. The van der Waals surface area contributed by atoms with Crippen LogP contribution in [0.2, 0.25) is 5.02 Å². The molecular weight excluding hydrogens is 276 g/mol. The molecule has 1 aliphatic rings. The second-order valence-corrected chi connectivity index (χ2v) is 5.73. The topological polar surface area (TPSA) is 55.1 Å². The summed E-state index contributed by atoms with van der Waals surface area (Å²) >= 11 is 5.90. The van der Waals surface area contributed by atoms with Crippen molar-refractivity contribution in [2.45, 2.75) is 26.3 Å². The number of carboxylic acid groups (broad SMARTS) is 1. The van der Waals surface area contributed by atoms with Gasteiger partial charge >= 0.3 is 5.97 Å². The summed E-state index contributed by atoms with van der Waals surface area (Å²) in [5, 5.41) is 9.97. The molecule has 2 heterocycles. The SMILES string of the molecule is CC1CCc2c(C(=O)O)nc(-c3ccc(Cl)cc3)n2C1. The molecule has 1 aliphatic heterocycles. The first-order chi connectivity index (χ1) is 9.56. The van der Waals surface area contributed by atoms with Crippen LogP contribution in [0.15, 0.2) is 24.3 Å². The van der Waals surface area contributed by atoms with E-state index in [2.05, 4.69) is 11.9 Å². The first-order valence-electron chi connectivity index (χ1n) is 6.65. The molecule has 4 nitrogen and oxygen atoms in total. The summed E-state index contributed by atoms with van der Waals surface area (Å²) in [6, 6.07) is 7.35. The fourth-order valence-corrected chi connectivity index (χ4v) is 2.84. The predicted octanol–water partition coefficient (Wildman–Crippen LogP) is 3.48. The summed E-state index contributed by atoms with van der Waals surface area (Å²) in [5.74, 6) is 0.300. The first-order valence-corrected chi connectivity index (χ1v) is 7.02. The van der Waals surface area contributed by atoms with Crippen molar-refractivity contribution < 1.29 is 9.90 Å². The normalized spacial score (nSPS) is 17.8. The Labute approximate surface area is 122 Å². The van der Waals surface area contributed by atoms with Crippen LogP contribution in [0.3, 0.4) is 0 Å². The van der Waals surface area contributed by atoms with Gasteiger partial charge in [-0.3, -0.25) is 0 Å². The Morgan fingerprint density at radius 3 is 2.75 bits per heavy atom. The number of fused-ring (bicyclic) bond motifs is 1. The van der Waals surface area contributed by atoms with E-state index in [1.165, 1.54) is 0 Å². The Kier molecular flexibility index (Phi) is 3.26. The molecule has 0 bridgehead atoms. The van der Waals surface area contributed by atoms with Crippen LogP contribution >= 0.6 is 11.6 Å². The molecular formula is C15H15ClN2O2. The lowest BCUT2D eigenvalue weighted by Gasteiger charge is -2.22. The summed E-state index contributed by atoms with van der Waals surface area (Å²) < 4.78 is 2.04. The van der Waals surface area contributed by atoms with E-state index in [9.17, 15) is 9.90 Å². The monoisotopic (exact) mass is 290 g/mol. The van der Waals surface area contributed by atoms with E-state index in [0.29, 0.717) is 10.9 Å². The molecule has 1 atom stereocenters. The second-order valence-electron chi connectivity index (χ2n) is 5.30. The average molecular weight is 291 g/mol. The largest absolute Gasteiger partial charge is 0.476 e. The molecule has 0 radical (unpaired) electrons. The molecule has 0 saturated carbocycles. The minimum absolute atomic E-state index is 0.182. The molecule has 1 unspecified atom stereocenters. The van der Waals surface area contributed by atoms with Crippen molar-refractivity contribution in [1.82, 2.24) is 9.55 Å². The summed E-state index contributed by atoms with van der Waals surface area (Å²) in [6.07, 6.45) is 1.77. The zero-order chi connectivity index (χ0) is 14.3. The van der Waals surface area contributed by atoms with Crippen LogP contribution in [-0.4, -0.2) is 20.6 Å². The molecule has 1 aromatic carbocycles. The van der Waals surface area contributed by atoms with Crippen molar-refractivity contribution in [3.63, 3.8) is 0 Å². The summed E-state index contributed by atoms with van der Waals surface area (Å²) in [6.45, 7) is 2.99. The van der Waals surface area contributed by atoms with Gasteiger partial charge in [-0.05, 0) is 43.0 Å². The van der Waals surface area contributed by atoms with E-state index in [-0.39, 0.29) is 5.69 Å². The molecule has 0 fully saturated rings. The third-order valence-electron chi connectivity index (χ3n) is 3.75. The van der Waals surface area contributed by atoms with Gasteiger partial charge in [0.15, 0.2) is 5.69 Å². The zero-order valence-corrected chi connectivity index (χ0v) is 11.9. The van der Waals surface area contributed by atoms with Gasteiger partial charge in [-0.25, -0.2) is 9.78 Å². The van der Waals surface area contributed by atoms with E-state index < -0.39 is 5.97 Å². The van der Waals surface area contributed by atoms with Crippen molar-refractivity contribution >= 4 is 17.6 Å². The number of nitrogens with zero attached hydrogens (tertiary/aromatic N) is 2. The van der Waals surface area contributed by atoms with E-state index in [4.69, 9.17) is 11.6 Å². The van der Waals surface area contributed by atoms with Gasteiger partial charge in [0, 0.05) is 17.1 Å². The quantitative estimate of drug-likeness (QED) is 0.921. The first kappa shape index (κ1) is 13.2. The van der Waals surface area contributed by atoms with Crippen LogP contribution in [0.4, 0.5) is 0 Å². The van der Waals surface area contributed by atoms with Gasteiger partial charge in [-0.15, -0.1) is 0 Å². The summed E-state index contributed by atoms with van der Waals surface area (Å²) in [4.78, 5) is 15.7. The Morgan fingerprint density at radius 2 is 2.10 bits per heavy atom. The van der Waals surface area contributed by atoms with E-state index in [0.717, 1.165) is 36.5 Å². The molecule has 20 heavy (non-hydrogen) atoms. The molecule has 104 valence electrons. The average Bonchev–Trinajstić information content (AvgIpc) is 2.78. The molecule has 0 spiro atoms. The third kappa shape index (κ3) is 2.20. The van der Waals surface area contributed by atoms with Gasteiger partial charge in [-0.1, -0.05) is 18.5 Å². The highest BCUT2D eigenvalue weighted by molar-refractivity contribution is 6.30. The standard InChI is InChI=1S/C15H15ClN2O2/c1-9-2-7-12-13(15(19)20)17-14(18(12)8-9)10-3-5-11(16)6-4-10/h3-6,9H,2,7-8H2,1H3,(H,19,20). The third-order valence-corrected chi connectivity index (χ3v) is 4.00. The molecule has 0 aliphatic carbocycles. The highest BCUT2D eigenvalue weighted by Crippen LogP contribution is 2.30. The van der Waals surface area contributed by atoms with Gasteiger partial charge in [-0.2, -0.15) is 0 Å². The van der Waals surface area contributed by atoms with Crippen LogP contribution in [0.1, 0.15) is 29.5 Å². The van der Waals surface area contributed by atoms with Crippen LogP contribution in [0.5, 0.6) is 0 Å². The number of halogens is 1. The van der Waals surface area contributed by atoms with Crippen molar-refractivity contribution in [1.29, 1.82) is 0 Å². The fourth-order valence-electron chi connectivity index (χ4n) is 2.71. The van der Waals surface area contributed by atoms with Gasteiger partial charge in [0.25, 0.3) is 0 Å². The highest BCUT2D eigenvalue weighted by atomic mass is 35.5. The maximum absolute atomic E-state index is 11.4. The van der Waals surface area contributed by atoms with Crippen molar-refractivity contribution in [3.05, 3.63) is 40.7 Å². The Hall–Kier alpha value is -1.81. The van der Waals surface area contributed by atoms with Gasteiger partial charge in [0.2, 0.25) is 0 Å². The molecule has 5 heteroatoms. The maximum Gasteiger partial charge on any atom is 0.356 e. The van der Waals surface area contributed by atoms with Gasteiger partial charge in [0.1, 0.15) is 5.82 Å². The number of imidazole rings is 1. The van der Waals surface area contributed by atoms with E-state index >= 15 is 0 Å². The molecule has 1 aromatic heterocycles. The van der Waals surface area contributed by atoms with Crippen molar-refractivity contribution in [2.24, 2.45) is 5.92 Å². The Bertz CT molecular complexity index is 661. The van der Waals surface area contributed by atoms with Crippen molar-refractivity contribution in [2.75, 3.05) is 0 Å². The molecule has 0 saturated heterocycles. The number of carboxylic acids is 1. The Balaban J connectivity index is 2.15. The minimum atomic E-state index is -0.955. The maximum atomic E-state index is 11.4. The lowest BCUT2D eigenvalue weighted by molar-refractivity contribution is 0.0689. The van der Waals surface area contributed by atoms with E-state index in [1.54, 1.807) is 12.1 Å². The Morgan fingerprint density at radius 1 is 1.40 bits per heavy atom. The molecule has 1 N–H and O–H groups in total. The zero-order valence-electron chi connectivity index (χ0n) is 11.1. The number of hydrogen-bond acceptors (Lipinski definition) is 2. The molecule has 3 rings (SSSR count). The van der Waals surface area contributed by atoms with Crippen LogP contribution < -0.4 is 0 Å². The number of hydrogen-bond donors (Lipinski definition) is 1. The molecule has 2 aromatic rings. The minimum Gasteiger partial charge on any atom is -0.476 e. The van der Waals surface area contributed by atoms with Gasteiger partial charge in [0.05, 0.1) is 5.69 Å². The number of benzene rings is 1. The fraction of sp³-hybridized carbons (Fsp3) is 0.333. The van der Waals surface area contributed by atoms with Crippen LogP contribution in [0.25, 0.3) is 11.4 Å². The lowest BCUT2D eigenvalue weighted by atomic mass is 9.99. The second kappa shape index (κ2) is 4.94. The van der Waals surface area contributed by atoms with Crippen LogP contribution in [-0.2, 0) is 13.0 Å². The smallest absolute Gasteiger partial charge is 0.356 e. The summed E-state index contributed by atoms with van der Waals surface area (Å²) in [7, 11) is 0.